The standard InChI is InChI=1S/C20H31ClN4O5S/c1-29-19-10-18(22)17(21)9-16(19)20(26)23-11-15-13-24(7-8-30-15)12-14-3-5-25(6-4-14)31(2,27)28/h9-10,14-15H,3-8,11-13,22H2,1-2H3,(H,23,26)/t15-/m0/s1. The molecule has 2 heterocycles. The van der Waals surface area contributed by atoms with Crippen LogP contribution in [0, 0.1) is 5.92 Å². The number of nitrogen functional groups attached to an aromatic ring is 1. The number of anilines is 1. The van der Waals surface area contributed by atoms with Crippen molar-refractivity contribution >= 4 is 33.2 Å². The Labute approximate surface area is 188 Å². The highest BCUT2D eigenvalue weighted by molar-refractivity contribution is 7.88. The normalized spacial score (nSPS) is 21.7. The van der Waals surface area contributed by atoms with Crippen LogP contribution in [0.5, 0.6) is 5.75 Å². The molecule has 2 saturated heterocycles. The Kier molecular flexibility index (Phi) is 8.03. The molecule has 0 aromatic heterocycles. The third-order valence-corrected chi connectivity index (χ3v) is 7.47. The molecular weight excluding hydrogens is 444 g/mol. The SMILES string of the molecule is COc1cc(N)c(Cl)cc1C(=O)NC[C@H]1CN(CC2CCN(S(C)(=O)=O)CC2)CCO1. The molecule has 0 unspecified atom stereocenters. The molecule has 2 fully saturated rings. The molecule has 174 valence electrons. The van der Waals surface area contributed by atoms with E-state index < -0.39 is 10.0 Å². The number of hydrogen-bond acceptors (Lipinski definition) is 7. The van der Waals surface area contributed by atoms with Crippen molar-refractivity contribution in [2.45, 2.75) is 18.9 Å². The summed E-state index contributed by atoms with van der Waals surface area (Å²) in [5.41, 5.74) is 6.45. The Bertz CT molecular complexity index is 890. The summed E-state index contributed by atoms with van der Waals surface area (Å²) in [6.07, 6.45) is 2.87. The van der Waals surface area contributed by atoms with Gasteiger partial charge in [-0.05, 0) is 24.8 Å². The number of halogens is 1. The molecule has 0 saturated carbocycles. The highest BCUT2D eigenvalue weighted by atomic mass is 35.5. The molecular formula is C20H31ClN4O5S. The van der Waals surface area contributed by atoms with Crippen molar-refractivity contribution < 1.29 is 22.7 Å². The zero-order chi connectivity index (χ0) is 22.6. The van der Waals surface area contributed by atoms with Gasteiger partial charge in [-0.1, -0.05) is 11.6 Å². The van der Waals surface area contributed by atoms with Gasteiger partial charge in [0, 0.05) is 45.3 Å². The Hall–Kier alpha value is -1.59. The smallest absolute Gasteiger partial charge is 0.255 e. The monoisotopic (exact) mass is 474 g/mol. The quantitative estimate of drug-likeness (QED) is 0.567. The Morgan fingerprint density at radius 3 is 2.68 bits per heavy atom. The van der Waals surface area contributed by atoms with Crippen molar-refractivity contribution in [2.24, 2.45) is 5.92 Å². The van der Waals surface area contributed by atoms with Crippen molar-refractivity contribution in [1.29, 1.82) is 0 Å². The summed E-state index contributed by atoms with van der Waals surface area (Å²) >= 11 is 6.05. The maximum Gasteiger partial charge on any atom is 0.255 e. The van der Waals surface area contributed by atoms with Gasteiger partial charge in [-0.25, -0.2) is 12.7 Å². The molecule has 11 heteroatoms. The van der Waals surface area contributed by atoms with E-state index in [1.165, 1.54) is 25.5 Å². The van der Waals surface area contributed by atoms with Gasteiger partial charge in [-0.15, -0.1) is 0 Å². The first-order valence-electron chi connectivity index (χ1n) is 10.4. The molecule has 1 aromatic rings. The number of morpholine rings is 1. The van der Waals surface area contributed by atoms with Crippen molar-refractivity contribution in [3.8, 4) is 5.75 Å². The van der Waals surface area contributed by atoms with Crippen molar-refractivity contribution in [2.75, 3.05) is 65.0 Å². The minimum Gasteiger partial charge on any atom is -0.496 e. The molecule has 0 bridgehead atoms. The lowest BCUT2D eigenvalue weighted by Crippen LogP contribution is -2.49. The predicted octanol–water partition coefficient (Wildman–Crippen LogP) is 1.03. The molecule has 31 heavy (non-hydrogen) atoms. The lowest BCUT2D eigenvalue weighted by Gasteiger charge is -2.37. The average Bonchev–Trinajstić information content (AvgIpc) is 2.73. The van der Waals surface area contributed by atoms with E-state index in [1.54, 1.807) is 4.31 Å². The van der Waals surface area contributed by atoms with E-state index in [2.05, 4.69) is 10.2 Å². The van der Waals surface area contributed by atoms with E-state index in [0.29, 0.717) is 60.7 Å². The first kappa shape index (κ1) is 24.1. The molecule has 3 rings (SSSR count). The zero-order valence-electron chi connectivity index (χ0n) is 18.0. The van der Waals surface area contributed by atoms with Crippen LogP contribution in [-0.4, -0.2) is 88.9 Å². The minimum atomic E-state index is -3.10. The third kappa shape index (κ3) is 6.45. The molecule has 9 nitrogen and oxygen atoms in total. The van der Waals surface area contributed by atoms with Gasteiger partial charge < -0.3 is 20.5 Å². The van der Waals surface area contributed by atoms with Crippen molar-refractivity contribution in [3.05, 3.63) is 22.7 Å². The number of benzene rings is 1. The molecule has 2 aliphatic heterocycles. The molecule has 2 aliphatic rings. The fourth-order valence-electron chi connectivity index (χ4n) is 4.08. The van der Waals surface area contributed by atoms with Crippen LogP contribution in [0.2, 0.25) is 5.02 Å². The van der Waals surface area contributed by atoms with Gasteiger partial charge in [0.2, 0.25) is 10.0 Å². The molecule has 1 amide bonds. The third-order valence-electron chi connectivity index (χ3n) is 5.84. The summed E-state index contributed by atoms with van der Waals surface area (Å²) in [6, 6.07) is 3.03. The van der Waals surface area contributed by atoms with Crippen LogP contribution in [0.4, 0.5) is 5.69 Å². The molecule has 1 aromatic carbocycles. The van der Waals surface area contributed by atoms with E-state index in [1.807, 2.05) is 0 Å². The number of piperidine rings is 1. The predicted molar refractivity (Wildman–Crippen MR) is 120 cm³/mol. The molecule has 0 aliphatic carbocycles. The lowest BCUT2D eigenvalue weighted by atomic mass is 9.97. The molecule has 3 N–H and O–H groups in total. The number of nitrogens with one attached hydrogen (secondary N) is 1. The van der Waals surface area contributed by atoms with Gasteiger partial charge in [0.05, 0.1) is 42.3 Å². The second kappa shape index (κ2) is 10.4. The van der Waals surface area contributed by atoms with Gasteiger partial charge in [0.1, 0.15) is 5.75 Å². The van der Waals surface area contributed by atoms with Gasteiger partial charge in [-0.2, -0.15) is 0 Å². The fourth-order valence-corrected chi connectivity index (χ4v) is 5.11. The Balaban J connectivity index is 1.48. The van der Waals surface area contributed by atoms with Crippen LogP contribution in [0.1, 0.15) is 23.2 Å². The largest absolute Gasteiger partial charge is 0.496 e. The van der Waals surface area contributed by atoms with Crippen molar-refractivity contribution in [3.63, 3.8) is 0 Å². The van der Waals surface area contributed by atoms with Crippen LogP contribution < -0.4 is 15.8 Å². The summed E-state index contributed by atoms with van der Waals surface area (Å²) in [5, 5.41) is 3.19. The summed E-state index contributed by atoms with van der Waals surface area (Å²) in [7, 11) is -1.63. The average molecular weight is 475 g/mol. The van der Waals surface area contributed by atoms with Gasteiger partial charge in [0.25, 0.3) is 5.91 Å². The number of carbonyl (C=O) groups excluding carboxylic acids is 1. The van der Waals surface area contributed by atoms with Crippen LogP contribution >= 0.6 is 11.6 Å². The second-order valence-electron chi connectivity index (χ2n) is 8.14. The van der Waals surface area contributed by atoms with E-state index in [9.17, 15) is 13.2 Å². The van der Waals surface area contributed by atoms with E-state index in [-0.39, 0.29) is 12.0 Å². The van der Waals surface area contributed by atoms with Gasteiger partial charge in [0.15, 0.2) is 0 Å². The number of rotatable bonds is 7. The number of methoxy groups -OCH3 is 1. The number of sulfonamides is 1. The number of hydrogen-bond donors (Lipinski definition) is 2. The van der Waals surface area contributed by atoms with E-state index in [0.717, 1.165) is 25.9 Å². The summed E-state index contributed by atoms with van der Waals surface area (Å²) in [4.78, 5) is 15.0. The molecule has 0 radical (unpaired) electrons. The maximum atomic E-state index is 12.6. The Morgan fingerprint density at radius 2 is 2.03 bits per heavy atom. The Morgan fingerprint density at radius 1 is 1.32 bits per heavy atom. The first-order chi connectivity index (χ1) is 14.7. The number of nitrogens with zero attached hydrogens (tertiary/aromatic N) is 2. The number of carbonyl (C=O) groups is 1. The van der Waals surface area contributed by atoms with Gasteiger partial charge in [-0.3, -0.25) is 9.69 Å². The summed E-state index contributed by atoms with van der Waals surface area (Å²) < 4.78 is 36.0. The first-order valence-corrected chi connectivity index (χ1v) is 12.6. The highest BCUT2D eigenvalue weighted by Gasteiger charge is 2.28. The maximum absolute atomic E-state index is 12.6. The fraction of sp³-hybridized carbons (Fsp3) is 0.650. The highest BCUT2D eigenvalue weighted by Crippen LogP contribution is 2.28. The van der Waals surface area contributed by atoms with Crippen LogP contribution in [0.15, 0.2) is 12.1 Å². The number of ether oxygens (including phenoxy) is 2. The number of nitrogens with two attached hydrogens (primary N) is 1. The van der Waals surface area contributed by atoms with Crippen molar-refractivity contribution in [1.82, 2.24) is 14.5 Å². The second-order valence-corrected chi connectivity index (χ2v) is 10.5. The van der Waals surface area contributed by atoms with Gasteiger partial charge >= 0.3 is 0 Å². The topological polar surface area (TPSA) is 114 Å². The summed E-state index contributed by atoms with van der Waals surface area (Å²) in [6.45, 7) is 4.59. The van der Waals surface area contributed by atoms with E-state index in [4.69, 9.17) is 26.8 Å². The zero-order valence-corrected chi connectivity index (χ0v) is 19.5. The lowest BCUT2D eigenvalue weighted by molar-refractivity contribution is -0.0327. The summed E-state index contributed by atoms with van der Waals surface area (Å²) in [5.74, 6) is 0.533. The molecule has 0 spiro atoms. The van der Waals surface area contributed by atoms with Crippen LogP contribution in [0.3, 0.4) is 0 Å². The van der Waals surface area contributed by atoms with Crippen LogP contribution in [-0.2, 0) is 14.8 Å². The minimum absolute atomic E-state index is 0.121. The van der Waals surface area contributed by atoms with Crippen LogP contribution in [0.25, 0.3) is 0 Å². The number of amides is 1. The molecule has 1 atom stereocenters. The van der Waals surface area contributed by atoms with E-state index >= 15 is 0 Å².